The van der Waals surface area contributed by atoms with E-state index in [1.807, 2.05) is 0 Å². The van der Waals surface area contributed by atoms with E-state index in [0.29, 0.717) is 0 Å². The summed E-state index contributed by atoms with van der Waals surface area (Å²) in [5, 5.41) is 5.11. The van der Waals surface area contributed by atoms with Crippen molar-refractivity contribution in [2.45, 2.75) is 0 Å². The van der Waals surface area contributed by atoms with Gasteiger partial charge in [-0.1, -0.05) is 133 Å². The number of rotatable bonds is 6. The maximum absolute atomic E-state index is 2.41. The zero-order valence-electron chi connectivity index (χ0n) is 26.4. The van der Waals surface area contributed by atoms with Crippen LogP contribution in [0.5, 0.6) is 0 Å². The maximum Gasteiger partial charge on any atom is 0.0547 e. The van der Waals surface area contributed by atoms with Crippen LogP contribution in [0.25, 0.3) is 60.5 Å². The molecule has 1 aromatic heterocycles. The van der Waals surface area contributed by atoms with E-state index in [9.17, 15) is 0 Å². The molecule has 0 fully saturated rings. The number of para-hydroxylation sites is 3. The molecule has 0 radical (unpaired) electrons. The molecule has 0 saturated carbocycles. The van der Waals surface area contributed by atoms with Gasteiger partial charge < -0.3 is 9.47 Å². The molecule has 0 spiro atoms. The van der Waals surface area contributed by atoms with Crippen molar-refractivity contribution in [3.8, 4) is 27.9 Å². The number of hydrogen-bond acceptors (Lipinski definition) is 1. The Balaban J connectivity index is 1.13. The van der Waals surface area contributed by atoms with Gasteiger partial charge in [0.1, 0.15) is 0 Å². The van der Waals surface area contributed by atoms with E-state index in [-0.39, 0.29) is 0 Å². The van der Waals surface area contributed by atoms with Crippen molar-refractivity contribution in [3.05, 3.63) is 194 Å². The summed E-state index contributed by atoms with van der Waals surface area (Å²) in [5.41, 5.74) is 11.8. The fraction of sp³-hybridized carbons (Fsp3) is 0. The Morgan fingerprint density at radius 1 is 0.333 bits per heavy atom. The highest BCUT2D eigenvalue weighted by atomic mass is 15.1. The number of aromatic nitrogens is 1. The molecule has 8 aromatic carbocycles. The van der Waals surface area contributed by atoms with Crippen LogP contribution in [0.4, 0.5) is 17.1 Å². The Kier molecular flexibility index (Phi) is 6.84. The highest BCUT2D eigenvalue weighted by Gasteiger charge is 2.17. The van der Waals surface area contributed by atoms with E-state index in [1.54, 1.807) is 0 Å². The largest absolute Gasteiger partial charge is 0.311 e. The number of nitrogens with zero attached hydrogens (tertiary/aromatic N) is 2. The molecule has 0 aliphatic heterocycles. The first-order valence-corrected chi connectivity index (χ1v) is 16.4. The van der Waals surface area contributed by atoms with Gasteiger partial charge in [-0.25, -0.2) is 0 Å². The van der Waals surface area contributed by atoms with Crippen LogP contribution < -0.4 is 4.90 Å². The van der Waals surface area contributed by atoms with Crippen LogP contribution in [-0.4, -0.2) is 4.57 Å². The predicted octanol–water partition coefficient (Wildman–Crippen LogP) is 12.7. The van der Waals surface area contributed by atoms with Gasteiger partial charge in [0.2, 0.25) is 0 Å². The molecule has 226 valence electrons. The van der Waals surface area contributed by atoms with Crippen LogP contribution in [0.15, 0.2) is 194 Å². The lowest BCUT2D eigenvalue weighted by atomic mass is 9.94. The Morgan fingerprint density at radius 3 is 1.56 bits per heavy atom. The molecular weight excluding hydrogens is 581 g/mol. The Bertz CT molecular complexity index is 2470. The molecule has 2 heteroatoms. The van der Waals surface area contributed by atoms with Crippen LogP contribution in [0.3, 0.4) is 0 Å². The van der Waals surface area contributed by atoms with Crippen LogP contribution >= 0.6 is 0 Å². The molecule has 48 heavy (non-hydrogen) atoms. The van der Waals surface area contributed by atoms with Gasteiger partial charge in [-0.3, -0.25) is 0 Å². The maximum atomic E-state index is 2.41. The Hall–Kier alpha value is -6.38. The van der Waals surface area contributed by atoms with E-state index >= 15 is 0 Å². The molecule has 9 rings (SSSR count). The summed E-state index contributed by atoms with van der Waals surface area (Å²) in [6.07, 6.45) is 0. The average molecular weight is 613 g/mol. The van der Waals surface area contributed by atoms with Gasteiger partial charge in [-0.2, -0.15) is 0 Å². The lowest BCUT2D eigenvalue weighted by molar-refractivity contribution is 1.18. The Morgan fingerprint density at radius 2 is 0.896 bits per heavy atom. The molecule has 0 bridgehead atoms. The smallest absolute Gasteiger partial charge is 0.0547 e. The fourth-order valence-electron chi connectivity index (χ4n) is 7.18. The molecule has 0 saturated heterocycles. The van der Waals surface area contributed by atoms with Crippen molar-refractivity contribution in [3.63, 3.8) is 0 Å². The summed E-state index contributed by atoms with van der Waals surface area (Å²) in [6.45, 7) is 0. The normalized spacial score (nSPS) is 11.3. The van der Waals surface area contributed by atoms with Crippen LogP contribution in [0, 0.1) is 0 Å². The summed E-state index contributed by atoms with van der Waals surface area (Å²) < 4.78 is 2.41. The third-order valence-electron chi connectivity index (χ3n) is 9.38. The van der Waals surface area contributed by atoms with E-state index in [2.05, 4.69) is 204 Å². The summed E-state index contributed by atoms with van der Waals surface area (Å²) in [4.78, 5) is 2.29. The van der Waals surface area contributed by atoms with Crippen molar-refractivity contribution in [2.75, 3.05) is 4.90 Å². The van der Waals surface area contributed by atoms with Crippen LogP contribution in [-0.2, 0) is 0 Å². The number of fused-ring (bicyclic) bond motifs is 5. The molecule has 0 atom stereocenters. The van der Waals surface area contributed by atoms with Gasteiger partial charge in [-0.15, -0.1) is 0 Å². The van der Waals surface area contributed by atoms with Crippen molar-refractivity contribution in [1.82, 2.24) is 4.57 Å². The first-order chi connectivity index (χ1) is 23.8. The summed E-state index contributed by atoms with van der Waals surface area (Å²) in [5.74, 6) is 0. The minimum absolute atomic E-state index is 1.13. The van der Waals surface area contributed by atoms with Gasteiger partial charge in [0.05, 0.1) is 11.0 Å². The molecule has 0 unspecified atom stereocenters. The quantitative estimate of drug-likeness (QED) is 0.181. The third-order valence-corrected chi connectivity index (χ3v) is 9.38. The molecule has 1 heterocycles. The number of benzene rings is 8. The zero-order valence-corrected chi connectivity index (χ0v) is 26.4. The van der Waals surface area contributed by atoms with Gasteiger partial charge in [0.15, 0.2) is 0 Å². The highest BCUT2D eigenvalue weighted by molar-refractivity contribution is 6.24. The third kappa shape index (κ3) is 4.74. The van der Waals surface area contributed by atoms with Crippen molar-refractivity contribution >= 4 is 49.6 Å². The second-order valence-electron chi connectivity index (χ2n) is 12.2. The van der Waals surface area contributed by atoms with Gasteiger partial charge in [0.25, 0.3) is 0 Å². The monoisotopic (exact) mass is 612 g/mol. The first kappa shape index (κ1) is 27.9. The highest BCUT2D eigenvalue weighted by Crippen LogP contribution is 2.41. The summed E-state index contributed by atoms with van der Waals surface area (Å²) in [7, 11) is 0. The minimum atomic E-state index is 1.13. The van der Waals surface area contributed by atoms with E-state index in [1.165, 1.54) is 54.8 Å². The average Bonchev–Trinajstić information content (AvgIpc) is 3.51. The number of anilines is 3. The minimum Gasteiger partial charge on any atom is -0.311 e. The van der Waals surface area contributed by atoms with E-state index < -0.39 is 0 Å². The molecule has 0 N–H and O–H groups in total. The SMILES string of the molecule is c1ccc(-c2cccc3ccc4c(c5ccccc5n4-c4ccc(-c5ccc(N(c6ccccc6)c6ccccc6)cc5)cc4)c23)cc1. The molecule has 0 aliphatic rings. The van der Waals surface area contributed by atoms with Crippen LogP contribution in [0.1, 0.15) is 0 Å². The summed E-state index contributed by atoms with van der Waals surface area (Å²) in [6, 6.07) is 69.7. The lowest BCUT2D eigenvalue weighted by Gasteiger charge is -2.25. The number of hydrogen-bond donors (Lipinski definition) is 0. The standard InChI is InChI=1S/C46H32N2/c1-4-13-35(14-5-1)41-21-12-15-36-27-32-44-46(45(36)41)42-20-10-11-22-43(42)48(44)40-30-25-34(26-31-40)33-23-28-39(29-24-33)47(37-16-6-2-7-17-37)38-18-8-3-9-19-38/h1-32H. The van der Waals surface area contributed by atoms with E-state index in [4.69, 9.17) is 0 Å². The van der Waals surface area contributed by atoms with Crippen molar-refractivity contribution < 1.29 is 0 Å². The first-order valence-electron chi connectivity index (χ1n) is 16.4. The van der Waals surface area contributed by atoms with E-state index in [0.717, 1.165) is 22.7 Å². The lowest BCUT2D eigenvalue weighted by Crippen LogP contribution is -2.09. The molecular formula is C46H32N2. The fourth-order valence-corrected chi connectivity index (χ4v) is 7.18. The topological polar surface area (TPSA) is 8.17 Å². The molecule has 2 nitrogen and oxygen atoms in total. The summed E-state index contributed by atoms with van der Waals surface area (Å²) >= 11 is 0. The van der Waals surface area contributed by atoms with Gasteiger partial charge >= 0.3 is 0 Å². The molecule has 0 aliphatic carbocycles. The van der Waals surface area contributed by atoms with Crippen LogP contribution in [0.2, 0.25) is 0 Å². The predicted molar refractivity (Wildman–Crippen MR) is 204 cm³/mol. The van der Waals surface area contributed by atoms with Gasteiger partial charge in [0, 0.05) is 33.5 Å². The second kappa shape index (κ2) is 11.8. The Labute approximate surface area is 280 Å². The van der Waals surface area contributed by atoms with Crippen molar-refractivity contribution in [1.29, 1.82) is 0 Å². The van der Waals surface area contributed by atoms with Gasteiger partial charge in [-0.05, 0) is 93.7 Å². The zero-order chi connectivity index (χ0) is 31.9. The molecule has 9 aromatic rings. The van der Waals surface area contributed by atoms with Crippen molar-refractivity contribution in [2.24, 2.45) is 0 Å². The molecule has 0 amide bonds. The second-order valence-corrected chi connectivity index (χ2v) is 12.2.